The molecule has 1 atom stereocenters. The summed E-state index contributed by atoms with van der Waals surface area (Å²) in [6, 6.07) is 25.1. The summed E-state index contributed by atoms with van der Waals surface area (Å²) in [7, 11) is -1.52. The normalized spacial score (nSPS) is 14.8. The Morgan fingerprint density at radius 2 is 1.44 bits per heavy atom. The Balaban J connectivity index is 1.10. The fraction of sp³-hybridized carbons (Fsp3) is 0.267. The molecule has 7 aromatic rings. The number of carbonyl (C=O) groups is 1. The van der Waals surface area contributed by atoms with E-state index in [9.17, 15) is 22.0 Å². The van der Waals surface area contributed by atoms with Crippen LogP contribution in [-0.2, 0) is 34.3 Å². The molecule has 59 heavy (non-hydrogen) atoms. The van der Waals surface area contributed by atoms with Gasteiger partial charge in [-0.25, -0.2) is 18.4 Å². The number of nitrogens with zero attached hydrogens (tertiary/aromatic N) is 3. The van der Waals surface area contributed by atoms with Gasteiger partial charge in [-0.3, -0.25) is 4.90 Å². The predicted molar refractivity (Wildman–Crippen MR) is 220 cm³/mol. The van der Waals surface area contributed by atoms with Crippen molar-refractivity contribution in [3.05, 3.63) is 113 Å². The van der Waals surface area contributed by atoms with Gasteiger partial charge >= 0.3 is 6.61 Å². The molecular formula is C45H42F2N4O7S. The number of aldehydes is 1. The molecule has 8 rings (SSSR count). The van der Waals surface area contributed by atoms with Gasteiger partial charge in [-0.2, -0.15) is 8.78 Å². The second-order valence-corrected chi connectivity index (χ2v) is 16.8. The maximum Gasteiger partial charge on any atom is 0.387 e. The van der Waals surface area contributed by atoms with Gasteiger partial charge in [0.15, 0.2) is 21.0 Å². The van der Waals surface area contributed by atoms with E-state index in [0.717, 1.165) is 63.6 Å². The molecule has 0 unspecified atom stereocenters. The maximum absolute atomic E-state index is 13.5. The molecular weight excluding hydrogens is 779 g/mol. The number of sulfone groups is 1. The Bertz CT molecular complexity index is 2820. The van der Waals surface area contributed by atoms with Gasteiger partial charge in [0.25, 0.3) is 0 Å². The first-order valence-corrected chi connectivity index (χ1v) is 21.1. The van der Waals surface area contributed by atoms with Gasteiger partial charge < -0.3 is 28.4 Å². The van der Waals surface area contributed by atoms with Crippen LogP contribution in [0.4, 0.5) is 8.78 Å². The first-order valence-electron chi connectivity index (χ1n) is 19.2. The quantitative estimate of drug-likeness (QED) is 0.105. The summed E-state index contributed by atoms with van der Waals surface area (Å²) < 4.78 is 75.0. The minimum Gasteiger partial charge on any atom is -0.488 e. The average molecular weight is 821 g/mol. The van der Waals surface area contributed by atoms with Gasteiger partial charge in [0.1, 0.15) is 35.4 Å². The fourth-order valence-corrected chi connectivity index (χ4v) is 8.48. The van der Waals surface area contributed by atoms with Crippen LogP contribution < -0.4 is 14.8 Å². The molecule has 1 aliphatic heterocycles. The van der Waals surface area contributed by atoms with E-state index in [2.05, 4.69) is 5.32 Å². The second kappa shape index (κ2) is 16.4. The molecule has 11 nitrogen and oxygen atoms in total. The van der Waals surface area contributed by atoms with E-state index in [1.807, 2.05) is 80.4 Å². The molecule has 5 aromatic carbocycles. The number of alkyl halides is 2. The lowest BCUT2D eigenvalue weighted by molar-refractivity contribution is -0.111. The number of hydrogen-bond acceptors (Lipinski definition) is 11. The van der Waals surface area contributed by atoms with Crippen molar-refractivity contribution in [2.24, 2.45) is 0 Å². The smallest absolute Gasteiger partial charge is 0.387 e. The molecule has 304 valence electrons. The number of carbonyl (C=O) groups excluding carboxylic acids is 1. The van der Waals surface area contributed by atoms with Crippen LogP contribution in [0.2, 0.25) is 0 Å². The van der Waals surface area contributed by atoms with Gasteiger partial charge in [-0.1, -0.05) is 36.4 Å². The van der Waals surface area contributed by atoms with E-state index >= 15 is 0 Å². The third-order valence-electron chi connectivity index (χ3n) is 10.8. The molecule has 0 amide bonds. The fourth-order valence-electron chi connectivity index (χ4n) is 7.79. The Hall–Kier alpha value is -5.96. The van der Waals surface area contributed by atoms with E-state index in [-0.39, 0.29) is 29.8 Å². The monoisotopic (exact) mass is 820 g/mol. The van der Waals surface area contributed by atoms with E-state index in [4.69, 9.17) is 28.3 Å². The number of ether oxygens (including phenoxy) is 2. The largest absolute Gasteiger partial charge is 0.488 e. The summed E-state index contributed by atoms with van der Waals surface area (Å²) in [6.07, 6.45) is 3.65. The van der Waals surface area contributed by atoms with Crippen LogP contribution >= 0.6 is 0 Å². The Morgan fingerprint density at radius 3 is 2.03 bits per heavy atom. The maximum atomic E-state index is 13.5. The van der Waals surface area contributed by atoms with Gasteiger partial charge in [0.05, 0.1) is 10.9 Å². The summed E-state index contributed by atoms with van der Waals surface area (Å²) in [6.45, 7) is 2.58. The van der Waals surface area contributed by atoms with Crippen LogP contribution in [0, 0.1) is 13.8 Å². The summed E-state index contributed by atoms with van der Waals surface area (Å²) in [5, 5.41) is 3.17. The molecule has 1 aliphatic rings. The molecule has 14 heteroatoms. The number of oxazole rings is 2. The van der Waals surface area contributed by atoms with Crippen molar-refractivity contribution < 1.29 is 40.3 Å². The Kier molecular flexibility index (Phi) is 11.0. The number of benzene rings is 5. The van der Waals surface area contributed by atoms with Gasteiger partial charge in [-0.05, 0) is 104 Å². The van der Waals surface area contributed by atoms with E-state index in [0.29, 0.717) is 58.4 Å². The molecule has 1 fully saturated rings. The molecule has 1 saturated heterocycles. The van der Waals surface area contributed by atoms with Crippen LogP contribution in [-0.4, -0.2) is 62.1 Å². The first kappa shape index (κ1) is 39.8. The lowest BCUT2D eigenvalue weighted by Gasteiger charge is -2.21. The van der Waals surface area contributed by atoms with E-state index < -0.39 is 16.4 Å². The number of fused-ring (bicyclic) bond motifs is 2. The van der Waals surface area contributed by atoms with Crippen LogP contribution in [0.25, 0.3) is 56.2 Å². The summed E-state index contributed by atoms with van der Waals surface area (Å²) in [4.78, 5) is 23.5. The van der Waals surface area contributed by atoms with Crippen molar-refractivity contribution in [1.29, 1.82) is 0 Å². The Labute approximate surface area is 339 Å². The number of aromatic nitrogens is 2. The predicted octanol–water partition coefficient (Wildman–Crippen LogP) is 9.05. The van der Waals surface area contributed by atoms with Gasteiger partial charge in [0.2, 0.25) is 11.8 Å². The van der Waals surface area contributed by atoms with Gasteiger partial charge in [0, 0.05) is 53.7 Å². The van der Waals surface area contributed by atoms with E-state index in [1.54, 1.807) is 24.3 Å². The number of hydrogen-bond donors (Lipinski definition) is 1. The third-order valence-corrected chi connectivity index (χ3v) is 11.9. The topological polar surface area (TPSA) is 137 Å². The zero-order valence-corrected chi connectivity index (χ0v) is 33.7. The highest BCUT2D eigenvalue weighted by atomic mass is 32.2. The van der Waals surface area contributed by atoms with Crippen molar-refractivity contribution in [2.45, 2.75) is 63.9 Å². The lowest BCUT2D eigenvalue weighted by atomic mass is 9.91. The molecule has 0 spiro atoms. The highest BCUT2D eigenvalue weighted by Crippen LogP contribution is 2.40. The van der Waals surface area contributed by atoms with Crippen LogP contribution in [0.3, 0.4) is 0 Å². The molecule has 0 bridgehead atoms. The molecule has 1 N–H and O–H groups in total. The summed E-state index contributed by atoms with van der Waals surface area (Å²) in [5.41, 5.74) is 9.32. The molecule has 0 aliphatic carbocycles. The highest BCUT2D eigenvalue weighted by molar-refractivity contribution is 7.90. The number of nitrogens with one attached hydrogen (secondary N) is 1. The average Bonchev–Trinajstić information content (AvgIpc) is 3.95. The molecule has 0 radical (unpaired) electrons. The zero-order valence-electron chi connectivity index (χ0n) is 32.9. The number of likely N-dealkylation sites (tertiary alicyclic amines) is 1. The second-order valence-electron chi connectivity index (χ2n) is 14.8. The SMILES string of the molecule is CNCc1cc2nc(-c3cccc(-c4cccc(-c5nc6cc(CN7CCC[C@H]7C=O)c(OC(F)F)cc6o5)c4C)c3C)oc2cc1OCc1cccc(S(C)(=O)=O)c1. The molecule has 2 aromatic heterocycles. The minimum atomic E-state index is -3.36. The van der Waals surface area contributed by atoms with Crippen molar-refractivity contribution >= 4 is 38.3 Å². The lowest BCUT2D eigenvalue weighted by Crippen LogP contribution is -2.30. The van der Waals surface area contributed by atoms with Crippen LogP contribution in [0.1, 0.15) is 40.7 Å². The summed E-state index contributed by atoms with van der Waals surface area (Å²) in [5.74, 6) is 1.34. The van der Waals surface area contributed by atoms with Crippen molar-refractivity contribution in [3.8, 4) is 45.5 Å². The van der Waals surface area contributed by atoms with Crippen LogP contribution in [0.15, 0.2) is 98.7 Å². The molecule has 3 heterocycles. The van der Waals surface area contributed by atoms with E-state index in [1.165, 1.54) is 12.3 Å². The van der Waals surface area contributed by atoms with Crippen molar-refractivity contribution in [2.75, 3.05) is 19.8 Å². The minimum absolute atomic E-state index is 0.0110. The number of rotatable bonds is 14. The van der Waals surface area contributed by atoms with Crippen LogP contribution in [0.5, 0.6) is 11.5 Å². The number of halogens is 2. The first-order chi connectivity index (χ1) is 28.4. The van der Waals surface area contributed by atoms with Gasteiger partial charge in [-0.15, -0.1) is 0 Å². The Morgan fingerprint density at radius 1 is 0.847 bits per heavy atom. The van der Waals surface area contributed by atoms with Crippen molar-refractivity contribution in [3.63, 3.8) is 0 Å². The van der Waals surface area contributed by atoms with Crippen molar-refractivity contribution in [1.82, 2.24) is 20.2 Å². The standard InChI is InChI=1S/C45H42F2N4O7S/c1-26-33(12-6-14-35(26)43-49-37-18-29(22-48-3)39(20-41(37)56-43)55-25-28-9-5-11-32(17-28)59(4,53)54)34-13-7-15-36(27(34)2)44-50-38-19-30(23-51-16-8-10-31(51)24-52)40(58-45(46)47)21-42(38)57-44/h5-7,9,11-15,17-21,24,31,45,48H,8,10,16,22-23,25H2,1-4H3/t31-/m0/s1. The zero-order chi connectivity index (χ0) is 41.4. The summed E-state index contributed by atoms with van der Waals surface area (Å²) >= 11 is 0. The third kappa shape index (κ3) is 8.20. The molecule has 0 saturated carbocycles. The highest BCUT2D eigenvalue weighted by Gasteiger charge is 2.27.